The summed E-state index contributed by atoms with van der Waals surface area (Å²) >= 11 is 12.3. The highest BCUT2D eigenvalue weighted by Gasteiger charge is 2.24. The molecule has 1 saturated heterocycles. The first kappa shape index (κ1) is 13.2. The lowest BCUT2D eigenvalue weighted by Crippen LogP contribution is -2.36. The van der Waals surface area contributed by atoms with E-state index in [0.29, 0.717) is 16.1 Å². The molecule has 94 valence electrons. The van der Waals surface area contributed by atoms with Gasteiger partial charge in [-0.15, -0.1) is 0 Å². The molecule has 0 bridgehead atoms. The number of likely N-dealkylation sites (N-methyl/N-ethyl adjacent to an activating group) is 1. The largest absolute Gasteiger partial charge is 0.318 e. The zero-order chi connectivity index (χ0) is 12.3. The highest BCUT2D eigenvalue weighted by atomic mass is 35.5. The summed E-state index contributed by atoms with van der Waals surface area (Å²) in [6.07, 6.45) is 2.53. The number of nitrogens with zero attached hydrogens (tertiary/aromatic N) is 1. The van der Waals surface area contributed by atoms with E-state index >= 15 is 0 Å². The topological polar surface area (TPSA) is 15.3 Å². The third-order valence-corrected chi connectivity index (χ3v) is 4.20. The molecule has 1 fully saturated rings. The van der Waals surface area contributed by atoms with Crippen LogP contribution in [0.15, 0.2) is 18.2 Å². The fourth-order valence-electron chi connectivity index (χ4n) is 2.46. The molecule has 0 spiro atoms. The van der Waals surface area contributed by atoms with E-state index in [1.165, 1.54) is 12.8 Å². The first-order valence-corrected chi connectivity index (χ1v) is 6.79. The SMILES string of the molecule is CNCC1CCCN1Cc1cccc(Cl)c1Cl. The van der Waals surface area contributed by atoms with E-state index in [0.717, 1.165) is 25.2 Å². The van der Waals surface area contributed by atoms with Crippen molar-refractivity contribution >= 4 is 23.2 Å². The molecule has 1 unspecified atom stereocenters. The van der Waals surface area contributed by atoms with Crippen molar-refractivity contribution in [3.8, 4) is 0 Å². The Morgan fingerprint density at radius 3 is 3.00 bits per heavy atom. The Balaban J connectivity index is 2.07. The molecule has 1 heterocycles. The summed E-state index contributed by atoms with van der Waals surface area (Å²) in [6, 6.07) is 6.48. The minimum absolute atomic E-state index is 0.620. The lowest BCUT2D eigenvalue weighted by Gasteiger charge is -2.24. The van der Waals surface area contributed by atoms with Crippen LogP contribution in [0.4, 0.5) is 0 Å². The van der Waals surface area contributed by atoms with Crippen LogP contribution in [0.25, 0.3) is 0 Å². The molecule has 1 atom stereocenters. The molecule has 0 amide bonds. The molecular weight excluding hydrogens is 255 g/mol. The van der Waals surface area contributed by atoms with Gasteiger partial charge in [0.05, 0.1) is 10.0 Å². The van der Waals surface area contributed by atoms with E-state index < -0.39 is 0 Å². The fraction of sp³-hybridized carbons (Fsp3) is 0.538. The summed E-state index contributed by atoms with van der Waals surface area (Å²) in [7, 11) is 2.00. The van der Waals surface area contributed by atoms with Crippen molar-refractivity contribution in [1.82, 2.24) is 10.2 Å². The summed E-state index contributed by atoms with van der Waals surface area (Å²) in [4.78, 5) is 2.48. The average molecular weight is 273 g/mol. The second-order valence-electron chi connectivity index (χ2n) is 4.54. The Hall–Kier alpha value is -0.280. The van der Waals surface area contributed by atoms with Crippen LogP contribution in [-0.2, 0) is 6.54 Å². The van der Waals surface area contributed by atoms with E-state index in [1.54, 1.807) is 0 Å². The number of benzene rings is 1. The van der Waals surface area contributed by atoms with Crippen LogP contribution in [0.5, 0.6) is 0 Å². The van der Waals surface area contributed by atoms with Gasteiger partial charge in [0.1, 0.15) is 0 Å². The number of rotatable bonds is 4. The third kappa shape index (κ3) is 3.14. The van der Waals surface area contributed by atoms with Gasteiger partial charge in [0.2, 0.25) is 0 Å². The predicted molar refractivity (Wildman–Crippen MR) is 73.8 cm³/mol. The fourth-order valence-corrected chi connectivity index (χ4v) is 2.84. The first-order valence-electron chi connectivity index (χ1n) is 6.04. The molecule has 4 heteroatoms. The maximum atomic E-state index is 6.22. The molecule has 0 aromatic heterocycles. The van der Waals surface area contributed by atoms with Crippen LogP contribution in [0.2, 0.25) is 10.0 Å². The summed E-state index contributed by atoms with van der Waals surface area (Å²) in [6.45, 7) is 3.08. The van der Waals surface area contributed by atoms with Crippen molar-refractivity contribution in [2.45, 2.75) is 25.4 Å². The number of hydrogen-bond acceptors (Lipinski definition) is 2. The second kappa shape index (κ2) is 6.05. The van der Waals surface area contributed by atoms with Gasteiger partial charge in [-0.05, 0) is 38.1 Å². The second-order valence-corrected chi connectivity index (χ2v) is 5.32. The molecule has 2 nitrogen and oxygen atoms in total. The molecular formula is C13H18Cl2N2. The van der Waals surface area contributed by atoms with Crippen LogP contribution in [0, 0.1) is 0 Å². The Morgan fingerprint density at radius 2 is 2.24 bits per heavy atom. The highest BCUT2D eigenvalue weighted by molar-refractivity contribution is 6.42. The quantitative estimate of drug-likeness (QED) is 0.906. The molecule has 1 aromatic carbocycles. The van der Waals surface area contributed by atoms with Gasteiger partial charge in [0.15, 0.2) is 0 Å². The van der Waals surface area contributed by atoms with Crippen LogP contribution in [-0.4, -0.2) is 31.1 Å². The molecule has 0 aliphatic carbocycles. The normalized spacial score (nSPS) is 21.0. The zero-order valence-corrected chi connectivity index (χ0v) is 11.6. The smallest absolute Gasteiger partial charge is 0.0637 e. The molecule has 1 aliphatic rings. The minimum Gasteiger partial charge on any atom is -0.318 e. The summed E-state index contributed by atoms with van der Waals surface area (Å²) in [5.74, 6) is 0. The average Bonchev–Trinajstić information content (AvgIpc) is 2.73. The van der Waals surface area contributed by atoms with Crippen molar-refractivity contribution < 1.29 is 0 Å². The van der Waals surface area contributed by atoms with Crippen molar-refractivity contribution in [2.75, 3.05) is 20.1 Å². The molecule has 0 saturated carbocycles. The Kier molecular flexibility index (Phi) is 4.69. The van der Waals surface area contributed by atoms with E-state index in [9.17, 15) is 0 Å². The molecule has 17 heavy (non-hydrogen) atoms. The van der Waals surface area contributed by atoms with Gasteiger partial charge in [0.25, 0.3) is 0 Å². The summed E-state index contributed by atoms with van der Waals surface area (Å²) < 4.78 is 0. The lowest BCUT2D eigenvalue weighted by molar-refractivity contribution is 0.242. The lowest BCUT2D eigenvalue weighted by atomic mass is 10.2. The van der Waals surface area contributed by atoms with Crippen molar-refractivity contribution in [1.29, 1.82) is 0 Å². The van der Waals surface area contributed by atoms with Crippen LogP contribution in [0.3, 0.4) is 0 Å². The van der Waals surface area contributed by atoms with Gasteiger partial charge >= 0.3 is 0 Å². The monoisotopic (exact) mass is 272 g/mol. The van der Waals surface area contributed by atoms with E-state index in [2.05, 4.69) is 16.3 Å². The molecule has 1 aliphatic heterocycles. The standard InChI is InChI=1S/C13H18Cl2N2/c1-16-8-11-5-3-7-17(11)9-10-4-2-6-12(14)13(10)15/h2,4,6,11,16H,3,5,7-9H2,1H3. The van der Waals surface area contributed by atoms with Gasteiger partial charge in [-0.25, -0.2) is 0 Å². The molecule has 0 radical (unpaired) electrons. The summed E-state index contributed by atoms with van der Waals surface area (Å²) in [5, 5.41) is 4.60. The highest BCUT2D eigenvalue weighted by Crippen LogP contribution is 2.28. The minimum atomic E-state index is 0.620. The van der Waals surface area contributed by atoms with Gasteiger partial charge in [0, 0.05) is 19.1 Å². The zero-order valence-electron chi connectivity index (χ0n) is 10.0. The molecule has 2 rings (SSSR count). The maximum Gasteiger partial charge on any atom is 0.0637 e. The van der Waals surface area contributed by atoms with E-state index in [1.807, 2.05) is 19.2 Å². The number of halogens is 2. The van der Waals surface area contributed by atoms with Gasteiger partial charge < -0.3 is 5.32 Å². The van der Waals surface area contributed by atoms with E-state index in [-0.39, 0.29) is 0 Å². The van der Waals surface area contributed by atoms with Crippen LogP contribution < -0.4 is 5.32 Å². The van der Waals surface area contributed by atoms with Crippen molar-refractivity contribution in [3.05, 3.63) is 33.8 Å². The van der Waals surface area contributed by atoms with E-state index in [4.69, 9.17) is 23.2 Å². The first-order chi connectivity index (χ1) is 8.22. The van der Waals surface area contributed by atoms with Crippen LogP contribution in [0.1, 0.15) is 18.4 Å². The number of likely N-dealkylation sites (tertiary alicyclic amines) is 1. The van der Waals surface area contributed by atoms with Gasteiger partial charge in [-0.2, -0.15) is 0 Å². The Bertz CT molecular complexity index is 382. The van der Waals surface area contributed by atoms with Crippen molar-refractivity contribution in [3.63, 3.8) is 0 Å². The summed E-state index contributed by atoms with van der Waals surface area (Å²) in [5.41, 5.74) is 1.13. The third-order valence-electron chi connectivity index (χ3n) is 3.34. The van der Waals surface area contributed by atoms with Gasteiger partial charge in [-0.3, -0.25) is 4.90 Å². The Labute approximate surface area is 113 Å². The Morgan fingerprint density at radius 1 is 1.41 bits per heavy atom. The van der Waals surface area contributed by atoms with Gasteiger partial charge in [-0.1, -0.05) is 35.3 Å². The number of hydrogen-bond donors (Lipinski definition) is 1. The number of nitrogens with one attached hydrogen (secondary N) is 1. The van der Waals surface area contributed by atoms with Crippen LogP contribution >= 0.6 is 23.2 Å². The maximum absolute atomic E-state index is 6.22. The molecule has 1 aromatic rings. The predicted octanol–water partition coefficient (Wildman–Crippen LogP) is 3.18. The van der Waals surface area contributed by atoms with Crippen molar-refractivity contribution in [2.24, 2.45) is 0 Å². The molecule has 1 N–H and O–H groups in total.